The molecule has 1 atom stereocenters. The summed E-state index contributed by atoms with van der Waals surface area (Å²) in [5.74, 6) is 6.59. The smallest absolute Gasteiger partial charge is 0.313 e. The van der Waals surface area contributed by atoms with Crippen LogP contribution >= 0.6 is 0 Å². The lowest BCUT2D eigenvalue weighted by atomic mass is 9.35. The third kappa shape index (κ3) is 2.09. The van der Waals surface area contributed by atoms with Gasteiger partial charge in [0.15, 0.2) is 0 Å². The Morgan fingerprint density at radius 3 is 1.79 bits per heavy atom. The second kappa shape index (κ2) is 4.78. The predicted molar refractivity (Wildman–Crippen MR) is 91.0 cm³/mol. The van der Waals surface area contributed by atoms with Crippen molar-refractivity contribution in [2.24, 2.45) is 46.8 Å². The van der Waals surface area contributed by atoms with Crippen LogP contribution in [0.5, 0.6) is 0 Å². The molecule has 134 valence electrons. The molecular weight excluding hydrogens is 300 g/mol. The summed E-state index contributed by atoms with van der Waals surface area (Å²) in [5.41, 5.74) is -0.456. The summed E-state index contributed by atoms with van der Waals surface area (Å²) >= 11 is 0. The molecule has 0 radical (unpaired) electrons. The Morgan fingerprint density at radius 1 is 0.917 bits per heavy atom. The van der Waals surface area contributed by atoms with Gasteiger partial charge in [-0.1, -0.05) is 0 Å². The third-order valence-electron chi connectivity index (χ3n) is 8.24. The molecule has 0 N–H and O–H groups in total. The van der Waals surface area contributed by atoms with Gasteiger partial charge in [0.1, 0.15) is 0 Å². The van der Waals surface area contributed by atoms with Crippen molar-refractivity contribution in [3.05, 3.63) is 0 Å². The van der Waals surface area contributed by atoms with Crippen molar-refractivity contribution in [2.45, 2.75) is 78.1 Å². The summed E-state index contributed by atoms with van der Waals surface area (Å²) in [7, 11) is 0. The normalized spacial score (nSPS) is 51.9. The molecule has 0 aromatic heterocycles. The topological polar surface area (TPSA) is 35.5 Å². The lowest BCUT2D eigenvalue weighted by Gasteiger charge is -2.72. The van der Waals surface area contributed by atoms with E-state index in [2.05, 4.69) is 0 Å². The predicted octanol–water partition coefficient (Wildman–Crippen LogP) is 4.40. The molecular formula is C21H32O3. The first-order valence-electron chi connectivity index (χ1n) is 10.1. The van der Waals surface area contributed by atoms with Crippen molar-refractivity contribution in [3.8, 4) is 0 Å². The van der Waals surface area contributed by atoms with Gasteiger partial charge in [0.05, 0.1) is 11.0 Å². The molecule has 1 unspecified atom stereocenters. The van der Waals surface area contributed by atoms with Gasteiger partial charge in [-0.25, -0.2) is 0 Å². The second-order valence-corrected chi connectivity index (χ2v) is 10.7. The van der Waals surface area contributed by atoms with Crippen LogP contribution in [0.25, 0.3) is 0 Å². The van der Waals surface area contributed by atoms with E-state index >= 15 is 0 Å². The number of carbonyl (C=O) groups is 1. The van der Waals surface area contributed by atoms with Gasteiger partial charge in [0, 0.05) is 0 Å². The Labute approximate surface area is 145 Å². The molecule has 3 nitrogen and oxygen atoms in total. The molecule has 7 rings (SSSR count). The summed E-state index contributed by atoms with van der Waals surface area (Å²) in [6.45, 7) is 7.63. The van der Waals surface area contributed by atoms with Gasteiger partial charge >= 0.3 is 5.97 Å². The van der Waals surface area contributed by atoms with E-state index in [0.29, 0.717) is 0 Å². The van der Waals surface area contributed by atoms with E-state index in [-0.39, 0.29) is 11.6 Å². The Kier molecular flexibility index (Phi) is 3.12. The fourth-order valence-corrected chi connectivity index (χ4v) is 7.69. The molecule has 0 spiro atoms. The maximum absolute atomic E-state index is 12.2. The third-order valence-corrected chi connectivity index (χ3v) is 8.24. The number of carbonyl (C=O) groups excluding carboxylic acids is 1. The molecule has 0 aromatic rings. The Hall–Kier alpha value is -0.570. The summed E-state index contributed by atoms with van der Waals surface area (Å²) < 4.78 is 12.1. The molecule has 7 saturated carbocycles. The van der Waals surface area contributed by atoms with E-state index in [1.165, 1.54) is 38.5 Å². The lowest BCUT2D eigenvalue weighted by molar-refractivity contribution is -0.301. The van der Waals surface area contributed by atoms with Crippen LogP contribution < -0.4 is 0 Å². The number of ether oxygens (including phenoxy) is 2. The molecule has 0 aromatic carbocycles. The van der Waals surface area contributed by atoms with Crippen molar-refractivity contribution in [1.82, 2.24) is 0 Å². The van der Waals surface area contributed by atoms with Crippen molar-refractivity contribution in [2.75, 3.05) is 0 Å². The minimum Gasteiger partial charge on any atom is -0.436 e. The van der Waals surface area contributed by atoms with Crippen molar-refractivity contribution < 1.29 is 14.3 Å². The van der Waals surface area contributed by atoms with Crippen molar-refractivity contribution in [1.29, 1.82) is 0 Å². The molecule has 8 bridgehead atoms. The maximum atomic E-state index is 12.2. The first kappa shape index (κ1) is 15.7. The molecule has 0 amide bonds. The van der Waals surface area contributed by atoms with Crippen LogP contribution in [-0.4, -0.2) is 17.9 Å². The molecule has 0 saturated heterocycles. The zero-order chi connectivity index (χ0) is 16.9. The van der Waals surface area contributed by atoms with Crippen LogP contribution in [0, 0.1) is 46.8 Å². The molecule has 7 aliphatic rings. The van der Waals surface area contributed by atoms with Crippen LogP contribution in [0.1, 0.15) is 66.2 Å². The molecule has 3 heteroatoms. The average Bonchev–Trinajstić information content (AvgIpc) is 2.50. The zero-order valence-electron chi connectivity index (χ0n) is 15.6. The second-order valence-electron chi connectivity index (χ2n) is 10.7. The molecule has 0 heterocycles. The van der Waals surface area contributed by atoms with E-state index in [0.717, 1.165) is 41.4 Å². The molecule has 7 fully saturated rings. The number of hydrogen-bond acceptors (Lipinski definition) is 3. The highest BCUT2D eigenvalue weighted by molar-refractivity contribution is 5.75. The monoisotopic (exact) mass is 332 g/mol. The zero-order valence-corrected chi connectivity index (χ0v) is 15.6. The number of rotatable bonds is 3. The molecule has 7 aliphatic carbocycles. The Bertz CT molecular complexity index is 500. The highest BCUT2D eigenvalue weighted by Crippen LogP contribution is 2.72. The first-order chi connectivity index (χ1) is 11.3. The Morgan fingerprint density at radius 2 is 1.38 bits per heavy atom. The highest BCUT2D eigenvalue weighted by atomic mass is 16.7. The minimum atomic E-state index is -0.461. The quantitative estimate of drug-likeness (QED) is 0.567. The van der Waals surface area contributed by atoms with Gasteiger partial charge in [-0.15, -0.1) is 0 Å². The van der Waals surface area contributed by atoms with Crippen LogP contribution in [0.3, 0.4) is 0 Å². The number of esters is 1. The summed E-state index contributed by atoms with van der Waals surface area (Å²) in [6, 6.07) is 0. The SMILES string of the molecule is CC(OC(=O)C(C)(C)C)OC12CC3C4CC5CC3C(C1)C(C5)C4C2. The summed E-state index contributed by atoms with van der Waals surface area (Å²) in [5, 5.41) is 0. The fraction of sp³-hybridized carbons (Fsp3) is 0.952. The highest BCUT2D eigenvalue weighted by Gasteiger charge is 2.68. The van der Waals surface area contributed by atoms with Crippen molar-refractivity contribution >= 4 is 5.97 Å². The summed E-state index contributed by atoms with van der Waals surface area (Å²) in [6.07, 6.45) is 7.77. The molecule has 0 aliphatic heterocycles. The van der Waals surface area contributed by atoms with E-state index < -0.39 is 11.7 Å². The standard InChI is InChI=1S/C21H32O3/c1-11(23-19(22)20(2,3)4)24-21-8-16-13-5-12-6-14(16)18(10-21)15(7-12)17(13)9-21/h11-18H,5-10H2,1-4H3. The lowest BCUT2D eigenvalue weighted by Crippen LogP contribution is -2.68. The van der Waals surface area contributed by atoms with Crippen LogP contribution in [0.4, 0.5) is 0 Å². The first-order valence-corrected chi connectivity index (χ1v) is 10.1. The minimum absolute atomic E-state index is 0.00522. The van der Waals surface area contributed by atoms with Gasteiger partial charge < -0.3 is 9.47 Å². The average molecular weight is 332 g/mol. The number of hydrogen-bond donors (Lipinski definition) is 0. The van der Waals surface area contributed by atoms with E-state index in [1.54, 1.807) is 0 Å². The maximum Gasteiger partial charge on any atom is 0.313 e. The Balaban J connectivity index is 1.33. The van der Waals surface area contributed by atoms with Gasteiger partial charge in [0.25, 0.3) is 0 Å². The van der Waals surface area contributed by atoms with E-state index in [1.807, 2.05) is 27.7 Å². The van der Waals surface area contributed by atoms with Gasteiger partial charge in [-0.3, -0.25) is 4.79 Å². The van der Waals surface area contributed by atoms with Gasteiger partial charge in [0.2, 0.25) is 6.29 Å². The summed E-state index contributed by atoms with van der Waals surface area (Å²) in [4.78, 5) is 12.2. The fourth-order valence-electron chi connectivity index (χ4n) is 7.69. The van der Waals surface area contributed by atoms with Crippen LogP contribution in [-0.2, 0) is 14.3 Å². The van der Waals surface area contributed by atoms with Gasteiger partial charge in [-0.05, 0) is 108 Å². The molecule has 24 heavy (non-hydrogen) atoms. The van der Waals surface area contributed by atoms with Crippen molar-refractivity contribution in [3.63, 3.8) is 0 Å². The van der Waals surface area contributed by atoms with Crippen LogP contribution in [0.15, 0.2) is 0 Å². The van der Waals surface area contributed by atoms with E-state index in [9.17, 15) is 4.79 Å². The largest absolute Gasteiger partial charge is 0.436 e. The van der Waals surface area contributed by atoms with E-state index in [4.69, 9.17) is 9.47 Å². The van der Waals surface area contributed by atoms with Crippen LogP contribution in [0.2, 0.25) is 0 Å². The van der Waals surface area contributed by atoms with Gasteiger partial charge in [-0.2, -0.15) is 0 Å².